The third-order valence-corrected chi connectivity index (χ3v) is 2.84. The molecule has 1 N–H and O–H groups in total. The maximum absolute atomic E-state index is 13.1. The van der Waals surface area contributed by atoms with Gasteiger partial charge in [-0.05, 0) is 25.1 Å². The number of hydrogen-bond donors (Lipinski definition) is 1. The van der Waals surface area contributed by atoms with E-state index in [-0.39, 0.29) is 22.1 Å². The largest absolute Gasteiger partial charge is 0.451 e. The molecule has 0 atom stereocenters. The molecular weight excluding hydrogens is 310 g/mol. The molecule has 0 aliphatic carbocycles. The molecule has 0 amide bonds. The van der Waals surface area contributed by atoms with Crippen LogP contribution in [0.2, 0.25) is 5.02 Å². The van der Waals surface area contributed by atoms with Crippen LogP contribution in [0.3, 0.4) is 0 Å². The van der Waals surface area contributed by atoms with Gasteiger partial charge in [-0.3, -0.25) is 0 Å². The Hall–Kier alpha value is -1.89. The van der Waals surface area contributed by atoms with E-state index >= 15 is 0 Å². The zero-order chi connectivity index (χ0) is 15.6. The number of nitrogens with one attached hydrogen (secondary N) is 1. The number of aromatic nitrogens is 2. The Morgan fingerprint density at radius 1 is 1.19 bits per heavy atom. The molecule has 0 saturated heterocycles. The normalized spacial score (nSPS) is 11.5. The Balaban J connectivity index is 2.56. The van der Waals surface area contributed by atoms with E-state index < -0.39 is 17.8 Å². The van der Waals surface area contributed by atoms with Crippen molar-refractivity contribution in [3.05, 3.63) is 40.9 Å². The molecule has 3 nitrogen and oxygen atoms in total. The van der Waals surface area contributed by atoms with Gasteiger partial charge in [-0.15, -0.1) is 0 Å². The number of rotatable bonds is 3. The van der Waals surface area contributed by atoms with Crippen LogP contribution in [0.15, 0.2) is 24.3 Å². The van der Waals surface area contributed by atoms with Crippen LogP contribution >= 0.6 is 11.6 Å². The first-order valence-electron chi connectivity index (χ1n) is 5.97. The van der Waals surface area contributed by atoms with Gasteiger partial charge in [0, 0.05) is 18.2 Å². The highest BCUT2D eigenvalue weighted by molar-refractivity contribution is 6.31. The zero-order valence-corrected chi connectivity index (χ0v) is 11.6. The average Bonchev–Trinajstić information content (AvgIpc) is 2.41. The van der Waals surface area contributed by atoms with E-state index in [1.807, 2.05) is 0 Å². The maximum Gasteiger partial charge on any atom is 0.451 e. The second-order valence-corrected chi connectivity index (χ2v) is 4.53. The van der Waals surface area contributed by atoms with Crippen molar-refractivity contribution in [1.29, 1.82) is 0 Å². The van der Waals surface area contributed by atoms with E-state index in [1.165, 1.54) is 18.2 Å². The molecule has 0 unspecified atom stereocenters. The van der Waals surface area contributed by atoms with Crippen molar-refractivity contribution in [3.8, 4) is 11.3 Å². The van der Waals surface area contributed by atoms with Crippen molar-refractivity contribution in [2.45, 2.75) is 13.1 Å². The quantitative estimate of drug-likeness (QED) is 0.853. The van der Waals surface area contributed by atoms with Gasteiger partial charge in [0.1, 0.15) is 11.6 Å². The molecular formula is C13H10ClF4N3. The summed E-state index contributed by atoms with van der Waals surface area (Å²) in [7, 11) is 0. The molecule has 2 rings (SSSR count). The van der Waals surface area contributed by atoms with Crippen LogP contribution in [0, 0.1) is 5.82 Å². The summed E-state index contributed by atoms with van der Waals surface area (Å²) < 4.78 is 51.6. The second-order valence-electron chi connectivity index (χ2n) is 4.12. The fraction of sp³-hybridized carbons (Fsp3) is 0.231. The van der Waals surface area contributed by atoms with E-state index in [0.29, 0.717) is 6.54 Å². The summed E-state index contributed by atoms with van der Waals surface area (Å²) >= 11 is 5.64. The van der Waals surface area contributed by atoms with Gasteiger partial charge in [-0.2, -0.15) is 13.2 Å². The lowest BCUT2D eigenvalue weighted by Crippen LogP contribution is -2.13. The predicted molar refractivity (Wildman–Crippen MR) is 71.6 cm³/mol. The number of anilines is 1. The van der Waals surface area contributed by atoms with Crippen molar-refractivity contribution in [2.24, 2.45) is 0 Å². The summed E-state index contributed by atoms with van der Waals surface area (Å²) in [6.07, 6.45) is -4.68. The molecule has 0 spiro atoms. The van der Waals surface area contributed by atoms with Crippen molar-refractivity contribution >= 4 is 17.4 Å². The molecule has 0 aliphatic heterocycles. The number of benzene rings is 1. The molecule has 1 aromatic heterocycles. The molecule has 0 bridgehead atoms. The van der Waals surface area contributed by atoms with Crippen LogP contribution in [-0.4, -0.2) is 16.5 Å². The topological polar surface area (TPSA) is 37.8 Å². The van der Waals surface area contributed by atoms with Gasteiger partial charge < -0.3 is 5.32 Å². The third-order valence-electron chi connectivity index (χ3n) is 2.55. The van der Waals surface area contributed by atoms with E-state index in [0.717, 1.165) is 6.07 Å². The van der Waals surface area contributed by atoms with Crippen LogP contribution in [0.25, 0.3) is 11.3 Å². The molecule has 0 saturated carbocycles. The Kier molecular flexibility index (Phi) is 4.32. The minimum atomic E-state index is -4.68. The Morgan fingerprint density at radius 2 is 1.90 bits per heavy atom. The maximum atomic E-state index is 13.1. The van der Waals surface area contributed by atoms with Crippen molar-refractivity contribution in [3.63, 3.8) is 0 Å². The zero-order valence-electron chi connectivity index (χ0n) is 10.8. The number of hydrogen-bond acceptors (Lipinski definition) is 3. The third kappa shape index (κ3) is 3.60. The average molecular weight is 320 g/mol. The molecule has 0 radical (unpaired) electrons. The summed E-state index contributed by atoms with van der Waals surface area (Å²) in [5.74, 6) is -1.89. The lowest BCUT2D eigenvalue weighted by Gasteiger charge is -2.11. The monoisotopic (exact) mass is 319 g/mol. The smallest absolute Gasteiger partial charge is 0.370 e. The summed E-state index contributed by atoms with van der Waals surface area (Å²) in [6.45, 7) is 2.13. The minimum absolute atomic E-state index is 0.00942. The predicted octanol–water partition coefficient (Wildman–Crippen LogP) is 4.39. The molecule has 112 valence electrons. The van der Waals surface area contributed by atoms with Gasteiger partial charge in [0.05, 0.1) is 10.7 Å². The van der Waals surface area contributed by atoms with E-state index in [4.69, 9.17) is 11.6 Å². The number of alkyl halides is 3. The minimum Gasteiger partial charge on any atom is -0.370 e. The van der Waals surface area contributed by atoms with Crippen LogP contribution in [0.4, 0.5) is 23.4 Å². The first-order valence-corrected chi connectivity index (χ1v) is 6.34. The molecule has 2 aromatic rings. The number of nitrogens with zero attached hydrogens (tertiary/aromatic N) is 2. The van der Waals surface area contributed by atoms with Crippen LogP contribution in [0.1, 0.15) is 12.7 Å². The van der Waals surface area contributed by atoms with E-state index in [2.05, 4.69) is 15.3 Å². The summed E-state index contributed by atoms with van der Waals surface area (Å²) in [5.41, 5.74) is 0.281. The van der Waals surface area contributed by atoms with Gasteiger partial charge in [0.15, 0.2) is 0 Å². The molecule has 21 heavy (non-hydrogen) atoms. The first-order chi connectivity index (χ1) is 9.81. The summed E-state index contributed by atoms with van der Waals surface area (Å²) in [5, 5.41) is 2.51. The molecule has 1 heterocycles. The fourth-order valence-corrected chi connectivity index (χ4v) is 1.83. The summed E-state index contributed by atoms with van der Waals surface area (Å²) in [4.78, 5) is 6.88. The van der Waals surface area contributed by atoms with Crippen molar-refractivity contribution in [1.82, 2.24) is 9.97 Å². The SMILES string of the molecule is CCNc1cc(-c2ccc(F)c(Cl)c2)nc(C(F)(F)F)n1. The van der Waals surface area contributed by atoms with Gasteiger partial charge in [0.25, 0.3) is 0 Å². The van der Waals surface area contributed by atoms with Gasteiger partial charge in [-0.25, -0.2) is 14.4 Å². The van der Waals surface area contributed by atoms with Crippen molar-refractivity contribution in [2.75, 3.05) is 11.9 Å². The van der Waals surface area contributed by atoms with Gasteiger partial charge >= 0.3 is 6.18 Å². The molecule has 8 heteroatoms. The molecule has 0 fully saturated rings. The number of halogens is 5. The molecule has 1 aromatic carbocycles. The highest BCUT2D eigenvalue weighted by atomic mass is 35.5. The standard InChI is InChI=1S/C13H10ClF4N3/c1-2-19-11-6-10(20-12(21-11)13(16,17)18)7-3-4-9(15)8(14)5-7/h3-6H,2H2,1H3,(H,19,20,21). The van der Waals surface area contributed by atoms with E-state index in [1.54, 1.807) is 6.92 Å². The van der Waals surface area contributed by atoms with Gasteiger partial charge in [-0.1, -0.05) is 11.6 Å². The Morgan fingerprint density at radius 3 is 2.48 bits per heavy atom. The van der Waals surface area contributed by atoms with Crippen LogP contribution < -0.4 is 5.32 Å². The first kappa shape index (κ1) is 15.5. The highest BCUT2D eigenvalue weighted by Gasteiger charge is 2.35. The van der Waals surface area contributed by atoms with Crippen LogP contribution in [0.5, 0.6) is 0 Å². The van der Waals surface area contributed by atoms with Crippen LogP contribution in [-0.2, 0) is 6.18 Å². The second kappa shape index (κ2) is 5.85. The van der Waals surface area contributed by atoms with E-state index in [9.17, 15) is 17.6 Å². The Bertz CT molecular complexity index is 658. The summed E-state index contributed by atoms with van der Waals surface area (Å²) in [6, 6.07) is 4.94. The lowest BCUT2D eigenvalue weighted by atomic mass is 10.1. The Labute approximate surface area is 123 Å². The highest BCUT2D eigenvalue weighted by Crippen LogP contribution is 2.31. The molecule has 0 aliphatic rings. The van der Waals surface area contributed by atoms with Gasteiger partial charge in [0.2, 0.25) is 5.82 Å². The lowest BCUT2D eigenvalue weighted by molar-refractivity contribution is -0.144. The van der Waals surface area contributed by atoms with Crippen molar-refractivity contribution < 1.29 is 17.6 Å². The fourth-order valence-electron chi connectivity index (χ4n) is 1.65.